The standard InChI is InChI=1S/C20H24N2O3/c1-20(2,3)25-19(23)22-13-17(14-9-11-15(24-4)12-10-14)21-16-7-5-6-8-18(16)22/h5-12,17,21H,13H2,1-4H3/t17-/m1/s1. The molecule has 0 saturated carbocycles. The van der Waals surface area contributed by atoms with E-state index in [-0.39, 0.29) is 12.1 Å². The van der Waals surface area contributed by atoms with Crippen molar-refractivity contribution in [2.45, 2.75) is 32.4 Å². The van der Waals surface area contributed by atoms with Gasteiger partial charge in [-0.2, -0.15) is 0 Å². The third-order valence-corrected chi connectivity index (χ3v) is 4.02. The molecule has 3 rings (SSSR count). The summed E-state index contributed by atoms with van der Waals surface area (Å²) in [4.78, 5) is 14.4. The molecular weight excluding hydrogens is 316 g/mol. The summed E-state index contributed by atoms with van der Waals surface area (Å²) < 4.78 is 10.8. The molecule has 2 aromatic rings. The Kier molecular flexibility index (Phi) is 4.57. The fourth-order valence-corrected chi connectivity index (χ4v) is 2.86. The molecule has 0 aliphatic carbocycles. The quantitative estimate of drug-likeness (QED) is 0.868. The predicted molar refractivity (Wildman–Crippen MR) is 99.4 cm³/mol. The van der Waals surface area contributed by atoms with Crippen molar-refractivity contribution >= 4 is 17.5 Å². The van der Waals surface area contributed by atoms with Gasteiger partial charge in [-0.1, -0.05) is 24.3 Å². The second-order valence-corrected chi connectivity index (χ2v) is 7.08. The molecule has 1 aliphatic rings. The number of fused-ring (bicyclic) bond motifs is 1. The Morgan fingerprint density at radius 2 is 1.80 bits per heavy atom. The molecule has 1 atom stereocenters. The first-order valence-electron chi connectivity index (χ1n) is 8.37. The van der Waals surface area contributed by atoms with Crippen LogP contribution in [-0.4, -0.2) is 25.3 Å². The number of nitrogens with zero attached hydrogens (tertiary/aromatic N) is 1. The van der Waals surface area contributed by atoms with Gasteiger partial charge in [0.25, 0.3) is 0 Å². The second-order valence-electron chi connectivity index (χ2n) is 7.08. The van der Waals surface area contributed by atoms with Crippen LogP contribution in [-0.2, 0) is 4.74 Å². The largest absolute Gasteiger partial charge is 0.497 e. The van der Waals surface area contributed by atoms with Crippen molar-refractivity contribution in [1.82, 2.24) is 0 Å². The number of ether oxygens (including phenoxy) is 2. The van der Waals surface area contributed by atoms with Gasteiger partial charge in [0.15, 0.2) is 0 Å². The van der Waals surface area contributed by atoms with E-state index < -0.39 is 5.60 Å². The summed E-state index contributed by atoms with van der Waals surface area (Å²) in [5.41, 5.74) is 2.30. The summed E-state index contributed by atoms with van der Waals surface area (Å²) in [7, 11) is 1.65. The van der Waals surface area contributed by atoms with Crippen LogP contribution in [0.25, 0.3) is 0 Å². The number of benzene rings is 2. The molecule has 0 fully saturated rings. The fourth-order valence-electron chi connectivity index (χ4n) is 2.86. The molecule has 1 heterocycles. The Morgan fingerprint density at radius 1 is 1.12 bits per heavy atom. The molecule has 1 aliphatic heterocycles. The van der Waals surface area contributed by atoms with Gasteiger partial charge in [-0.3, -0.25) is 4.90 Å². The maximum absolute atomic E-state index is 12.7. The molecule has 0 saturated heterocycles. The van der Waals surface area contributed by atoms with E-state index in [0.717, 1.165) is 22.7 Å². The highest BCUT2D eigenvalue weighted by atomic mass is 16.6. The van der Waals surface area contributed by atoms with Gasteiger partial charge in [0.2, 0.25) is 0 Å². The molecule has 0 unspecified atom stereocenters. The first-order valence-corrected chi connectivity index (χ1v) is 8.37. The van der Waals surface area contributed by atoms with E-state index in [1.165, 1.54) is 0 Å². The molecule has 5 heteroatoms. The van der Waals surface area contributed by atoms with Crippen LogP contribution >= 0.6 is 0 Å². The van der Waals surface area contributed by atoms with Crippen molar-refractivity contribution in [1.29, 1.82) is 0 Å². The SMILES string of the molecule is COc1ccc([C@H]2CN(C(=O)OC(C)(C)C)c3ccccc3N2)cc1. The van der Waals surface area contributed by atoms with Crippen LogP contribution in [0, 0.1) is 0 Å². The maximum atomic E-state index is 12.7. The van der Waals surface area contributed by atoms with E-state index >= 15 is 0 Å². The van der Waals surface area contributed by atoms with Crippen molar-refractivity contribution < 1.29 is 14.3 Å². The van der Waals surface area contributed by atoms with Crippen molar-refractivity contribution in [3.8, 4) is 5.75 Å². The lowest BCUT2D eigenvalue weighted by Crippen LogP contribution is -2.43. The first kappa shape index (κ1) is 17.1. The van der Waals surface area contributed by atoms with Crippen LogP contribution < -0.4 is 15.0 Å². The summed E-state index contributed by atoms with van der Waals surface area (Å²) in [6, 6.07) is 15.6. The molecule has 132 valence electrons. The molecule has 0 bridgehead atoms. The summed E-state index contributed by atoms with van der Waals surface area (Å²) in [6.45, 7) is 6.12. The lowest BCUT2D eigenvalue weighted by molar-refractivity contribution is 0.0577. The van der Waals surface area contributed by atoms with Crippen molar-refractivity contribution in [3.05, 3.63) is 54.1 Å². The van der Waals surface area contributed by atoms with E-state index in [9.17, 15) is 4.79 Å². The average molecular weight is 340 g/mol. The Labute approximate surface area is 148 Å². The third-order valence-electron chi connectivity index (χ3n) is 4.02. The van der Waals surface area contributed by atoms with Crippen LogP contribution in [0.2, 0.25) is 0 Å². The topological polar surface area (TPSA) is 50.8 Å². The van der Waals surface area contributed by atoms with Gasteiger partial charge in [-0.05, 0) is 50.6 Å². The van der Waals surface area contributed by atoms with Crippen LogP contribution in [0.4, 0.5) is 16.2 Å². The number of anilines is 2. The van der Waals surface area contributed by atoms with Gasteiger partial charge in [0.1, 0.15) is 11.4 Å². The van der Waals surface area contributed by atoms with E-state index in [2.05, 4.69) is 5.32 Å². The van der Waals surface area contributed by atoms with Crippen LogP contribution in [0.15, 0.2) is 48.5 Å². The minimum absolute atomic E-state index is 0.0201. The normalized spacial score (nSPS) is 16.6. The Balaban J connectivity index is 1.90. The van der Waals surface area contributed by atoms with Gasteiger partial charge in [-0.15, -0.1) is 0 Å². The fraction of sp³-hybridized carbons (Fsp3) is 0.350. The zero-order valence-corrected chi connectivity index (χ0v) is 15.1. The van der Waals surface area contributed by atoms with Crippen LogP contribution in [0.5, 0.6) is 5.75 Å². The van der Waals surface area contributed by atoms with Gasteiger partial charge in [0.05, 0.1) is 31.1 Å². The lowest BCUT2D eigenvalue weighted by Gasteiger charge is -2.36. The molecule has 1 amide bonds. The molecule has 5 nitrogen and oxygen atoms in total. The van der Waals surface area contributed by atoms with E-state index in [1.807, 2.05) is 69.3 Å². The Morgan fingerprint density at radius 3 is 2.44 bits per heavy atom. The van der Waals surface area contributed by atoms with Crippen molar-refractivity contribution in [3.63, 3.8) is 0 Å². The number of para-hydroxylation sites is 2. The molecule has 2 aromatic carbocycles. The number of methoxy groups -OCH3 is 1. The second kappa shape index (κ2) is 6.67. The average Bonchev–Trinajstić information content (AvgIpc) is 2.59. The highest BCUT2D eigenvalue weighted by Gasteiger charge is 2.31. The van der Waals surface area contributed by atoms with Gasteiger partial charge in [-0.25, -0.2) is 4.79 Å². The van der Waals surface area contributed by atoms with Gasteiger partial charge in [0, 0.05) is 0 Å². The zero-order chi connectivity index (χ0) is 18.0. The number of nitrogens with one attached hydrogen (secondary N) is 1. The summed E-state index contributed by atoms with van der Waals surface area (Å²) in [5.74, 6) is 0.809. The summed E-state index contributed by atoms with van der Waals surface area (Å²) in [6.07, 6.45) is -0.333. The maximum Gasteiger partial charge on any atom is 0.414 e. The number of rotatable bonds is 2. The summed E-state index contributed by atoms with van der Waals surface area (Å²) in [5, 5.41) is 3.51. The molecule has 1 N–H and O–H groups in total. The number of hydrogen-bond acceptors (Lipinski definition) is 4. The molecule has 0 radical (unpaired) electrons. The van der Waals surface area contributed by atoms with Crippen molar-refractivity contribution in [2.75, 3.05) is 23.9 Å². The molecule has 25 heavy (non-hydrogen) atoms. The number of carbonyl (C=O) groups is 1. The highest BCUT2D eigenvalue weighted by molar-refractivity contribution is 5.93. The first-order chi connectivity index (χ1) is 11.9. The highest BCUT2D eigenvalue weighted by Crippen LogP contribution is 2.36. The molecule has 0 aromatic heterocycles. The van der Waals surface area contributed by atoms with E-state index in [1.54, 1.807) is 12.0 Å². The summed E-state index contributed by atoms with van der Waals surface area (Å²) >= 11 is 0. The van der Waals surface area contributed by atoms with Crippen LogP contribution in [0.1, 0.15) is 32.4 Å². The van der Waals surface area contributed by atoms with E-state index in [4.69, 9.17) is 9.47 Å². The zero-order valence-electron chi connectivity index (χ0n) is 15.1. The Bertz CT molecular complexity index is 750. The monoisotopic (exact) mass is 340 g/mol. The predicted octanol–water partition coefficient (Wildman–Crippen LogP) is 4.60. The minimum Gasteiger partial charge on any atom is -0.497 e. The van der Waals surface area contributed by atoms with Crippen LogP contribution in [0.3, 0.4) is 0 Å². The number of carbonyl (C=O) groups excluding carboxylic acids is 1. The van der Waals surface area contributed by atoms with E-state index in [0.29, 0.717) is 6.54 Å². The third kappa shape index (κ3) is 3.87. The Hall–Kier alpha value is -2.69. The van der Waals surface area contributed by atoms with Gasteiger partial charge >= 0.3 is 6.09 Å². The molecular formula is C20H24N2O3. The van der Waals surface area contributed by atoms with Crippen molar-refractivity contribution in [2.24, 2.45) is 0 Å². The van der Waals surface area contributed by atoms with Gasteiger partial charge < -0.3 is 14.8 Å². The number of hydrogen-bond donors (Lipinski definition) is 1. The number of amides is 1. The molecule has 0 spiro atoms. The smallest absolute Gasteiger partial charge is 0.414 e. The minimum atomic E-state index is -0.535. The lowest BCUT2D eigenvalue weighted by atomic mass is 10.0.